The molecule has 1 aromatic heterocycles. The zero-order valence-corrected chi connectivity index (χ0v) is 14.7. The lowest BCUT2D eigenvalue weighted by Crippen LogP contribution is -2.42. The van der Waals surface area contributed by atoms with Crippen molar-refractivity contribution in [2.24, 2.45) is 0 Å². The second-order valence-corrected chi connectivity index (χ2v) is 6.60. The summed E-state index contributed by atoms with van der Waals surface area (Å²) in [7, 11) is 0. The number of hydrogen-bond acceptors (Lipinski definition) is 2. The van der Waals surface area contributed by atoms with Gasteiger partial charge in [0, 0.05) is 21.9 Å². The highest BCUT2D eigenvalue weighted by molar-refractivity contribution is 14.1. The SMILES string of the molecule is CC(C)N(C(=O)c1nccc(I)c1I)C(C)C. The molecule has 17 heavy (non-hydrogen) atoms. The molecule has 0 N–H and O–H groups in total. The summed E-state index contributed by atoms with van der Waals surface area (Å²) in [5.74, 6) is 0.0120. The Morgan fingerprint density at radius 1 is 1.24 bits per heavy atom. The lowest BCUT2D eigenvalue weighted by molar-refractivity contribution is 0.0636. The molecule has 0 bridgehead atoms. The molecule has 94 valence electrons. The van der Waals surface area contributed by atoms with E-state index >= 15 is 0 Å². The molecule has 5 heteroatoms. The fourth-order valence-electron chi connectivity index (χ4n) is 1.76. The van der Waals surface area contributed by atoms with E-state index in [0.717, 1.165) is 7.14 Å². The first kappa shape index (κ1) is 15.1. The molecule has 0 radical (unpaired) electrons. The van der Waals surface area contributed by atoms with E-state index in [-0.39, 0.29) is 18.0 Å². The van der Waals surface area contributed by atoms with Gasteiger partial charge in [-0.05, 0) is 78.9 Å². The average molecular weight is 458 g/mol. The monoisotopic (exact) mass is 458 g/mol. The van der Waals surface area contributed by atoms with Crippen molar-refractivity contribution in [2.45, 2.75) is 39.8 Å². The molecule has 3 nitrogen and oxygen atoms in total. The summed E-state index contributed by atoms with van der Waals surface area (Å²) in [4.78, 5) is 18.5. The Labute approximate surface area is 130 Å². The topological polar surface area (TPSA) is 33.2 Å². The van der Waals surface area contributed by atoms with Gasteiger partial charge in [-0.1, -0.05) is 0 Å². The van der Waals surface area contributed by atoms with Crippen molar-refractivity contribution >= 4 is 51.1 Å². The number of nitrogens with zero attached hydrogens (tertiary/aromatic N) is 2. The molecule has 0 aliphatic rings. The second-order valence-electron chi connectivity index (χ2n) is 4.36. The van der Waals surface area contributed by atoms with Crippen LogP contribution in [0.25, 0.3) is 0 Å². The molecule has 0 atom stereocenters. The van der Waals surface area contributed by atoms with Gasteiger partial charge in [-0.15, -0.1) is 0 Å². The van der Waals surface area contributed by atoms with Crippen LogP contribution in [0.5, 0.6) is 0 Å². The zero-order chi connectivity index (χ0) is 13.2. The van der Waals surface area contributed by atoms with Crippen molar-refractivity contribution in [2.75, 3.05) is 0 Å². The van der Waals surface area contributed by atoms with Gasteiger partial charge < -0.3 is 4.90 Å². The van der Waals surface area contributed by atoms with Crippen molar-refractivity contribution < 1.29 is 4.79 Å². The maximum absolute atomic E-state index is 12.5. The lowest BCUT2D eigenvalue weighted by atomic mass is 10.2. The maximum atomic E-state index is 12.5. The van der Waals surface area contributed by atoms with Gasteiger partial charge in [0.05, 0.1) is 3.57 Å². The number of rotatable bonds is 3. The van der Waals surface area contributed by atoms with Gasteiger partial charge in [0.15, 0.2) is 0 Å². The molecule has 1 rings (SSSR count). The van der Waals surface area contributed by atoms with Crippen molar-refractivity contribution in [3.8, 4) is 0 Å². The number of aromatic nitrogens is 1. The minimum Gasteiger partial charge on any atom is -0.332 e. The predicted molar refractivity (Wildman–Crippen MR) is 86.1 cm³/mol. The molecule has 1 heterocycles. The molecule has 0 saturated carbocycles. The van der Waals surface area contributed by atoms with Crippen LogP contribution in [0.3, 0.4) is 0 Å². The Morgan fingerprint density at radius 3 is 2.24 bits per heavy atom. The molecule has 0 spiro atoms. The molecule has 0 aliphatic carbocycles. The molecule has 0 aromatic carbocycles. The first-order valence-electron chi connectivity index (χ1n) is 5.49. The Hall–Kier alpha value is 0.0800. The number of halogens is 2. The molecular weight excluding hydrogens is 442 g/mol. The third-order valence-electron chi connectivity index (χ3n) is 2.39. The second kappa shape index (κ2) is 6.31. The van der Waals surface area contributed by atoms with Crippen LogP contribution in [0, 0.1) is 7.14 Å². The van der Waals surface area contributed by atoms with Crippen LogP contribution in [-0.2, 0) is 0 Å². The molecule has 0 aliphatic heterocycles. The number of carbonyl (C=O) groups is 1. The summed E-state index contributed by atoms with van der Waals surface area (Å²) in [6.07, 6.45) is 1.69. The minimum absolute atomic E-state index is 0.0120. The Kier molecular flexibility index (Phi) is 5.62. The van der Waals surface area contributed by atoms with Gasteiger partial charge in [-0.2, -0.15) is 0 Å². The van der Waals surface area contributed by atoms with Crippen LogP contribution in [0.15, 0.2) is 12.3 Å². The van der Waals surface area contributed by atoms with Crippen LogP contribution in [0.2, 0.25) is 0 Å². The molecule has 0 saturated heterocycles. The fraction of sp³-hybridized carbons (Fsp3) is 0.500. The predicted octanol–water partition coefficient (Wildman–Crippen LogP) is 3.55. The third kappa shape index (κ3) is 3.52. The van der Waals surface area contributed by atoms with Crippen LogP contribution in [0.1, 0.15) is 38.2 Å². The summed E-state index contributed by atoms with van der Waals surface area (Å²) in [6.45, 7) is 8.11. The highest BCUT2D eigenvalue weighted by Crippen LogP contribution is 2.20. The van der Waals surface area contributed by atoms with Crippen molar-refractivity contribution in [3.05, 3.63) is 25.1 Å². The number of carbonyl (C=O) groups excluding carboxylic acids is 1. The van der Waals surface area contributed by atoms with Crippen molar-refractivity contribution in [1.82, 2.24) is 9.88 Å². The average Bonchev–Trinajstić information content (AvgIpc) is 2.20. The van der Waals surface area contributed by atoms with Crippen molar-refractivity contribution in [1.29, 1.82) is 0 Å². The van der Waals surface area contributed by atoms with Gasteiger partial charge in [-0.25, -0.2) is 4.98 Å². The van der Waals surface area contributed by atoms with E-state index in [1.165, 1.54) is 0 Å². The highest BCUT2D eigenvalue weighted by atomic mass is 127. The van der Waals surface area contributed by atoms with Gasteiger partial charge in [0.2, 0.25) is 0 Å². The Balaban J connectivity index is 3.15. The van der Waals surface area contributed by atoms with E-state index in [1.54, 1.807) is 6.20 Å². The number of hydrogen-bond donors (Lipinski definition) is 0. The van der Waals surface area contributed by atoms with Gasteiger partial charge in [0.1, 0.15) is 5.69 Å². The van der Waals surface area contributed by atoms with Gasteiger partial charge in [0.25, 0.3) is 5.91 Å². The standard InChI is InChI=1S/C12H16I2N2O/c1-7(2)16(8(3)4)12(17)11-10(14)9(13)5-6-15-11/h5-8H,1-4H3. The lowest BCUT2D eigenvalue weighted by Gasteiger charge is -2.30. The van der Waals surface area contributed by atoms with E-state index in [0.29, 0.717) is 5.69 Å². The van der Waals surface area contributed by atoms with Gasteiger partial charge in [-0.3, -0.25) is 4.79 Å². The summed E-state index contributed by atoms with van der Waals surface area (Å²) < 4.78 is 2.00. The van der Waals surface area contributed by atoms with E-state index in [2.05, 4.69) is 50.2 Å². The maximum Gasteiger partial charge on any atom is 0.274 e. The third-order valence-corrected chi connectivity index (χ3v) is 5.41. The summed E-state index contributed by atoms with van der Waals surface area (Å²) in [5, 5.41) is 0. The first-order valence-corrected chi connectivity index (χ1v) is 7.64. The van der Waals surface area contributed by atoms with E-state index in [9.17, 15) is 4.79 Å². The normalized spacial score (nSPS) is 11.1. The number of amides is 1. The smallest absolute Gasteiger partial charge is 0.274 e. The molecule has 1 aromatic rings. The van der Waals surface area contributed by atoms with E-state index in [1.807, 2.05) is 38.7 Å². The Bertz CT molecular complexity index is 411. The quantitative estimate of drug-likeness (QED) is 0.650. The van der Waals surface area contributed by atoms with E-state index in [4.69, 9.17) is 0 Å². The van der Waals surface area contributed by atoms with Crippen LogP contribution >= 0.6 is 45.2 Å². The number of pyridine rings is 1. The molecular formula is C12H16I2N2O. The minimum atomic E-state index is 0.0120. The van der Waals surface area contributed by atoms with Gasteiger partial charge >= 0.3 is 0 Å². The van der Waals surface area contributed by atoms with Crippen LogP contribution < -0.4 is 0 Å². The molecule has 0 unspecified atom stereocenters. The Morgan fingerprint density at radius 2 is 1.76 bits per heavy atom. The van der Waals surface area contributed by atoms with E-state index < -0.39 is 0 Å². The van der Waals surface area contributed by atoms with Crippen molar-refractivity contribution in [3.63, 3.8) is 0 Å². The van der Waals surface area contributed by atoms with Crippen LogP contribution in [0.4, 0.5) is 0 Å². The molecule has 1 amide bonds. The molecule has 0 fully saturated rings. The summed E-state index contributed by atoms with van der Waals surface area (Å²) in [5.41, 5.74) is 0.555. The summed E-state index contributed by atoms with van der Waals surface area (Å²) >= 11 is 4.41. The highest BCUT2D eigenvalue weighted by Gasteiger charge is 2.24. The largest absolute Gasteiger partial charge is 0.332 e. The zero-order valence-electron chi connectivity index (χ0n) is 10.4. The first-order chi connectivity index (χ1) is 7.86. The fourth-order valence-corrected chi connectivity index (χ4v) is 2.72. The summed E-state index contributed by atoms with van der Waals surface area (Å²) in [6, 6.07) is 2.27. The van der Waals surface area contributed by atoms with Crippen LogP contribution in [-0.4, -0.2) is 27.9 Å².